The van der Waals surface area contributed by atoms with Gasteiger partial charge in [-0.15, -0.1) is 13.2 Å². The predicted molar refractivity (Wildman–Crippen MR) is 47.6 cm³/mol. The normalized spacial score (nSPS) is 11.3. The molecule has 0 spiro atoms. The molecule has 0 saturated carbocycles. The van der Waals surface area contributed by atoms with Crippen LogP contribution in [0.3, 0.4) is 0 Å². The Labute approximate surface area is 84.6 Å². The van der Waals surface area contributed by atoms with Crippen molar-refractivity contribution in [1.82, 2.24) is 0 Å². The average molecular weight is 221 g/mol. The maximum Gasteiger partial charge on any atom is 0.573 e. The molecule has 2 N–H and O–H groups in total. The molecule has 0 aliphatic carbocycles. The zero-order chi connectivity index (χ0) is 11.5. The molecule has 0 bridgehead atoms. The van der Waals surface area contributed by atoms with Crippen molar-refractivity contribution >= 4 is 0 Å². The first-order chi connectivity index (χ1) is 6.98. The number of hydrogen-bond acceptors (Lipinski definition) is 3. The lowest BCUT2D eigenvalue weighted by Gasteiger charge is -2.15. The number of nitrogens with two attached hydrogens (primary N) is 1. The largest absolute Gasteiger partial charge is 0.573 e. The van der Waals surface area contributed by atoms with Crippen LogP contribution in [0.2, 0.25) is 0 Å². The summed E-state index contributed by atoms with van der Waals surface area (Å²) in [6, 6.07) is 4.37. The fraction of sp³-hybridized carbons (Fsp3) is 0.333. The summed E-state index contributed by atoms with van der Waals surface area (Å²) < 4.78 is 44.8. The van der Waals surface area contributed by atoms with Crippen molar-refractivity contribution in [1.29, 1.82) is 0 Å². The molecule has 0 aliphatic rings. The van der Waals surface area contributed by atoms with Crippen LogP contribution in [-0.2, 0) is 6.54 Å². The molecular formula is C9H10F3NO2. The Morgan fingerprint density at radius 3 is 2.47 bits per heavy atom. The third kappa shape index (κ3) is 3.02. The molecule has 0 aromatic heterocycles. The van der Waals surface area contributed by atoms with Gasteiger partial charge in [-0.05, 0) is 6.07 Å². The molecule has 0 amide bonds. The Hall–Kier alpha value is -1.43. The minimum absolute atomic E-state index is 0.00951. The van der Waals surface area contributed by atoms with Crippen molar-refractivity contribution < 1.29 is 22.6 Å². The van der Waals surface area contributed by atoms with Crippen LogP contribution in [0.15, 0.2) is 18.2 Å². The second-order valence-electron chi connectivity index (χ2n) is 2.70. The zero-order valence-electron chi connectivity index (χ0n) is 7.97. The van der Waals surface area contributed by atoms with Crippen LogP contribution in [0.1, 0.15) is 5.56 Å². The van der Waals surface area contributed by atoms with Crippen molar-refractivity contribution in [2.45, 2.75) is 12.9 Å². The lowest BCUT2D eigenvalue weighted by Crippen LogP contribution is -2.19. The number of benzene rings is 1. The molecule has 1 aromatic rings. The highest BCUT2D eigenvalue weighted by Gasteiger charge is 2.33. The smallest absolute Gasteiger partial charge is 0.493 e. The van der Waals surface area contributed by atoms with Crippen molar-refractivity contribution in [3.63, 3.8) is 0 Å². The molecule has 0 saturated heterocycles. The number of alkyl halides is 3. The second-order valence-corrected chi connectivity index (χ2v) is 2.70. The second kappa shape index (κ2) is 4.39. The minimum atomic E-state index is -4.75. The SMILES string of the molecule is COc1cccc(CN)c1OC(F)(F)F. The van der Waals surface area contributed by atoms with Crippen molar-refractivity contribution in [2.24, 2.45) is 5.73 Å². The minimum Gasteiger partial charge on any atom is -0.493 e. The van der Waals surface area contributed by atoms with Crippen LogP contribution in [0.4, 0.5) is 13.2 Å². The Morgan fingerprint density at radius 2 is 2.00 bits per heavy atom. The number of ether oxygens (including phenoxy) is 2. The molecular weight excluding hydrogens is 211 g/mol. The Morgan fingerprint density at radius 1 is 1.33 bits per heavy atom. The van der Waals surface area contributed by atoms with E-state index < -0.39 is 6.36 Å². The van der Waals surface area contributed by atoms with Gasteiger partial charge in [0.15, 0.2) is 11.5 Å². The average Bonchev–Trinajstić information content (AvgIpc) is 2.16. The van der Waals surface area contributed by atoms with E-state index in [9.17, 15) is 13.2 Å². The van der Waals surface area contributed by atoms with Crippen LogP contribution in [-0.4, -0.2) is 13.5 Å². The summed E-state index contributed by atoms with van der Waals surface area (Å²) in [7, 11) is 1.26. The highest BCUT2D eigenvalue weighted by molar-refractivity contribution is 5.46. The summed E-state index contributed by atoms with van der Waals surface area (Å²) in [4.78, 5) is 0. The highest BCUT2D eigenvalue weighted by Crippen LogP contribution is 2.35. The van der Waals surface area contributed by atoms with Crippen LogP contribution < -0.4 is 15.2 Å². The first-order valence-electron chi connectivity index (χ1n) is 4.09. The lowest BCUT2D eigenvalue weighted by atomic mass is 10.2. The van der Waals surface area contributed by atoms with Gasteiger partial charge in [0.1, 0.15) is 0 Å². The fourth-order valence-electron chi connectivity index (χ4n) is 1.11. The van der Waals surface area contributed by atoms with Gasteiger partial charge >= 0.3 is 6.36 Å². The first-order valence-corrected chi connectivity index (χ1v) is 4.09. The van der Waals surface area contributed by atoms with E-state index in [-0.39, 0.29) is 23.6 Å². The molecule has 3 nitrogen and oxygen atoms in total. The third-order valence-corrected chi connectivity index (χ3v) is 1.72. The van der Waals surface area contributed by atoms with Crippen LogP contribution >= 0.6 is 0 Å². The highest BCUT2D eigenvalue weighted by atomic mass is 19.4. The van der Waals surface area contributed by atoms with E-state index in [1.54, 1.807) is 6.07 Å². The van der Waals surface area contributed by atoms with Crippen LogP contribution in [0.5, 0.6) is 11.5 Å². The summed E-state index contributed by atoms with van der Waals surface area (Å²) >= 11 is 0. The fourth-order valence-corrected chi connectivity index (χ4v) is 1.11. The van der Waals surface area contributed by atoms with E-state index in [2.05, 4.69) is 4.74 Å². The van der Waals surface area contributed by atoms with E-state index in [1.165, 1.54) is 19.2 Å². The summed E-state index contributed by atoms with van der Waals surface area (Å²) in [6.45, 7) is -0.0530. The van der Waals surface area contributed by atoms with Crippen molar-refractivity contribution in [2.75, 3.05) is 7.11 Å². The van der Waals surface area contributed by atoms with Gasteiger partial charge in [0, 0.05) is 12.1 Å². The van der Waals surface area contributed by atoms with E-state index in [1.807, 2.05) is 0 Å². The van der Waals surface area contributed by atoms with Gasteiger partial charge in [0.05, 0.1) is 7.11 Å². The molecule has 0 atom stereocenters. The maximum atomic E-state index is 12.1. The van der Waals surface area contributed by atoms with Gasteiger partial charge in [0.25, 0.3) is 0 Å². The standard InChI is InChI=1S/C9H10F3NO2/c1-14-7-4-2-3-6(5-13)8(7)15-9(10,11)12/h2-4H,5,13H2,1H3. The van der Waals surface area contributed by atoms with Gasteiger partial charge in [0.2, 0.25) is 0 Å². The number of para-hydroxylation sites is 1. The molecule has 84 valence electrons. The zero-order valence-corrected chi connectivity index (χ0v) is 7.97. The van der Waals surface area contributed by atoms with Gasteiger partial charge in [-0.2, -0.15) is 0 Å². The van der Waals surface area contributed by atoms with Gasteiger partial charge < -0.3 is 15.2 Å². The molecule has 15 heavy (non-hydrogen) atoms. The molecule has 0 heterocycles. The van der Waals surface area contributed by atoms with E-state index in [0.717, 1.165) is 0 Å². The molecule has 0 radical (unpaired) electrons. The van der Waals surface area contributed by atoms with Crippen molar-refractivity contribution in [3.8, 4) is 11.5 Å². The Bertz CT molecular complexity index is 316. The number of halogens is 3. The summed E-state index contributed by atoms with van der Waals surface area (Å²) in [6.07, 6.45) is -4.75. The number of rotatable bonds is 3. The van der Waals surface area contributed by atoms with E-state index >= 15 is 0 Å². The molecule has 0 aliphatic heterocycles. The molecule has 0 unspecified atom stereocenters. The molecule has 0 fully saturated rings. The van der Waals surface area contributed by atoms with Gasteiger partial charge in [-0.1, -0.05) is 12.1 Å². The Balaban J connectivity index is 3.11. The topological polar surface area (TPSA) is 44.5 Å². The Kier molecular flexibility index (Phi) is 3.41. The first kappa shape index (κ1) is 11.6. The summed E-state index contributed by atoms with van der Waals surface area (Å²) in [5.41, 5.74) is 5.53. The maximum absolute atomic E-state index is 12.1. The summed E-state index contributed by atoms with van der Waals surface area (Å²) in [5, 5.41) is 0. The summed E-state index contributed by atoms with van der Waals surface area (Å²) in [5.74, 6) is -0.370. The quantitative estimate of drug-likeness (QED) is 0.849. The van der Waals surface area contributed by atoms with E-state index in [4.69, 9.17) is 10.5 Å². The lowest BCUT2D eigenvalue weighted by molar-refractivity contribution is -0.275. The molecule has 6 heteroatoms. The monoisotopic (exact) mass is 221 g/mol. The van der Waals surface area contributed by atoms with Crippen LogP contribution in [0.25, 0.3) is 0 Å². The predicted octanol–water partition coefficient (Wildman–Crippen LogP) is 2.05. The third-order valence-electron chi connectivity index (χ3n) is 1.72. The molecule has 1 aromatic carbocycles. The van der Waals surface area contributed by atoms with Gasteiger partial charge in [-0.3, -0.25) is 0 Å². The van der Waals surface area contributed by atoms with Gasteiger partial charge in [-0.25, -0.2) is 0 Å². The number of methoxy groups -OCH3 is 1. The van der Waals surface area contributed by atoms with Crippen LogP contribution in [0, 0.1) is 0 Å². The number of hydrogen-bond donors (Lipinski definition) is 1. The molecule has 1 rings (SSSR count). The van der Waals surface area contributed by atoms with E-state index in [0.29, 0.717) is 0 Å². The van der Waals surface area contributed by atoms with Crippen molar-refractivity contribution in [3.05, 3.63) is 23.8 Å².